The van der Waals surface area contributed by atoms with Crippen LogP contribution in [0.15, 0.2) is 48.5 Å². The van der Waals surface area contributed by atoms with E-state index < -0.39 is 12.1 Å². The predicted octanol–water partition coefficient (Wildman–Crippen LogP) is 5.11. The van der Waals surface area contributed by atoms with Gasteiger partial charge in [0.05, 0.1) is 18.8 Å². The predicted molar refractivity (Wildman–Crippen MR) is 178 cm³/mol. The number of hydroxylamine groups is 2. The largest absolute Gasteiger partial charge is 0.393 e. The number of aliphatic hydroxyl groups excluding tert-OH is 1. The minimum Gasteiger partial charge on any atom is -0.393 e. The number of unbranched alkanes of at least 4 members (excludes halogenated alkanes) is 1. The fraction of sp³-hybridized carbons (Fsp3) is 0.622. The summed E-state index contributed by atoms with van der Waals surface area (Å²) < 4.78 is 0. The highest BCUT2D eigenvalue weighted by atomic mass is 16.7. The zero-order valence-electron chi connectivity index (χ0n) is 28.3. The monoisotopic (exact) mass is 618 g/mol. The standard InChI is InChI=1S/C37H54N4O4/c1-23-31-20-30(37(31,4)5)21-32(23)39-36(44)34-33(24(2)42)25(3)45-41(34)22-26-12-10-13-27(18-26)28-14-11-15-29(19-28)35(43)38-16-8-9-17-40(6)7/h10-15,18-19,23-25,30-34,42H,8-9,16-17,20-22H2,1-7H3,(H,38,43)(H,39,44)/t23-,24-,25-,30+,31-,32-,33+,34-/m0/s1. The maximum Gasteiger partial charge on any atom is 0.251 e. The molecule has 45 heavy (non-hydrogen) atoms. The Morgan fingerprint density at radius 2 is 1.78 bits per heavy atom. The van der Waals surface area contributed by atoms with Gasteiger partial charge in [-0.1, -0.05) is 51.1 Å². The Morgan fingerprint density at radius 3 is 2.44 bits per heavy atom. The number of amides is 2. The van der Waals surface area contributed by atoms with Crippen molar-refractivity contribution in [3.05, 3.63) is 59.7 Å². The lowest BCUT2D eigenvalue weighted by Gasteiger charge is -2.62. The third-order valence-corrected chi connectivity index (χ3v) is 11.1. The molecule has 0 spiro atoms. The zero-order chi connectivity index (χ0) is 32.5. The Morgan fingerprint density at radius 1 is 1.07 bits per heavy atom. The molecule has 3 N–H and O–H groups in total. The summed E-state index contributed by atoms with van der Waals surface area (Å²) in [5, 5.41) is 19.0. The fourth-order valence-corrected chi connectivity index (χ4v) is 8.23. The highest BCUT2D eigenvalue weighted by Crippen LogP contribution is 2.61. The SMILES string of the molecule is C[C@@H]1[C@@H](NC(=O)[C@@H]2[C@H]([C@H](C)O)[C@H](C)ON2Cc2cccc(-c3cccc(C(=O)NCCCCN(C)C)c3)c2)C[C@H]2C[C@@H]1C2(C)C. The summed E-state index contributed by atoms with van der Waals surface area (Å²) in [5.41, 5.74) is 3.92. The molecule has 0 aromatic heterocycles. The van der Waals surface area contributed by atoms with Gasteiger partial charge in [0.2, 0.25) is 5.91 Å². The molecule has 8 heteroatoms. The van der Waals surface area contributed by atoms with Gasteiger partial charge in [0.15, 0.2) is 0 Å². The first-order valence-corrected chi connectivity index (χ1v) is 16.9. The Kier molecular flexibility index (Phi) is 10.4. The topological polar surface area (TPSA) is 94.1 Å². The quantitative estimate of drug-likeness (QED) is 0.286. The van der Waals surface area contributed by atoms with E-state index in [9.17, 15) is 14.7 Å². The summed E-state index contributed by atoms with van der Waals surface area (Å²) in [6.07, 6.45) is 3.26. The summed E-state index contributed by atoms with van der Waals surface area (Å²) in [6, 6.07) is 15.4. The maximum atomic E-state index is 14.0. The molecular weight excluding hydrogens is 564 g/mol. The van der Waals surface area contributed by atoms with Gasteiger partial charge < -0.3 is 20.6 Å². The van der Waals surface area contributed by atoms with E-state index in [0.717, 1.165) is 42.5 Å². The van der Waals surface area contributed by atoms with Gasteiger partial charge in [0.1, 0.15) is 6.04 Å². The van der Waals surface area contributed by atoms with Crippen LogP contribution in [-0.2, 0) is 16.2 Å². The molecule has 4 aliphatic rings. The van der Waals surface area contributed by atoms with Crippen molar-refractivity contribution in [1.82, 2.24) is 20.6 Å². The van der Waals surface area contributed by atoms with Crippen LogP contribution in [0.5, 0.6) is 0 Å². The van der Waals surface area contributed by atoms with Crippen LogP contribution in [0.3, 0.4) is 0 Å². The lowest BCUT2D eigenvalue weighted by molar-refractivity contribution is -0.174. The van der Waals surface area contributed by atoms with Crippen molar-refractivity contribution in [3.63, 3.8) is 0 Å². The minimum atomic E-state index is -0.690. The highest BCUT2D eigenvalue weighted by Gasteiger charge is 2.57. The number of nitrogens with one attached hydrogen (secondary N) is 2. The second-order valence-electron chi connectivity index (χ2n) is 14.8. The molecule has 2 amide bonds. The summed E-state index contributed by atoms with van der Waals surface area (Å²) >= 11 is 0. The van der Waals surface area contributed by atoms with Gasteiger partial charge in [-0.2, -0.15) is 5.06 Å². The maximum absolute atomic E-state index is 14.0. The van der Waals surface area contributed by atoms with E-state index in [4.69, 9.17) is 4.84 Å². The molecule has 8 atom stereocenters. The first kappa shape index (κ1) is 33.6. The number of aliphatic hydroxyl groups is 1. The molecule has 1 heterocycles. The molecule has 3 aliphatic carbocycles. The molecule has 2 aromatic rings. The first-order valence-electron chi connectivity index (χ1n) is 16.9. The van der Waals surface area contributed by atoms with Crippen molar-refractivity contribution < 1.29 is 19.5 Å². The van der Waals surface area contributed by atoms with Crippen LogP contribution in [0.1, 0.15) is 76.2 Å². The van der Waals surface area contributed by atoms with E-state index >= 15 is 0 Å². The normalized spacial score (nSPS) is 29.7. The van der Waals surface area contributed by atoms with E-state index in [1.54, 1.807) is 12.0 Å². The van der Waals surface area contributed by atoms with E-state index in [-0.39, 0.29) is 29.9 Å². The lowest BCUT2D eigenvalue weighted by Crippen LogP contribution is -2.62. The molecule has 8 nitrogen and oxygen atoms in total. The number of rotatable bonds is 12. The Hall–Kier alpha value is -2.78. The van der Waals surface area contributed by atoms with Gasteiger partial charge in [-0.05, 0) is 118 Å². The molecule has 4 fully saturated rings. The van der Waals surface area contributed by atoms with Crippen LogP contribution in [0.2, 0.25) is 0 Å². The summed E-state index contributed by atoms with van der Waals surface area (Å²) in [7, 11) is 4.11. The molecule has 6 rings (SSSR count). The number of benzene rings is 2. The third-order valence-electron chi connectivity index (χ3n) is 11.1. The minimum absolute atomic E-state index is 0.0576. The number of fused-ring (bicyclic) bond motifs is 2. The molecule has 0 radical (unpaired) electrons. The molecular formula is C37H54N4O4. The number of carbonyl (C=O) groups is 2. The van der Waals surface area contributed by atoms with Crippen LogP contribution in [0.4, 0.5) is 0 Å². The van der Waals surface area contributed by atoms with E-state index in [1.807, 2.05) is 49.4 Å². The van der Waals surface area contributed by atoms with Crippen molar-refractivity contribution in [1.29, 1.82) is 0 Å². The Bertz CT molecular complexity index is 1340. The second kappa shape index (κ2) is 13.9. The van der Waals surface area contributed by atoms with Crippen LogP contribution in [-0.4, -0.2) is 78.4 Å². The van der Waals surface area contributed by atoms with Crippen molar-refractivity contribution >= 4 is 11.8 Å². The molecule has 1 saturated heterocycles. The molecule has 1 aliphatic heterocycles. The first-order chi connectivity index (χ1) is 21.4. The van der Waals surface area contributed by atoms with E-state index in [1.165, 1.54) is 6.42 Å². The van der Waals surface area contributed by atoms with Gasteiger partial charge in [0, 0.05) is 24.1 Å². The number of hydrogen-bond acceptors (Lipinski definition) is 6. The molecule has 0 unspecified atom stereocenters. The summed E-state index contributed by atoms with van der Waals surface area (Å²) in [6.45, 7) is 12.8. The average molecular weight is 619 g/mol. The Labute approximate surface area is 269 Å². The number of carbonyl (C=O) groups excluding carboxylic acids is 2. The fourth-order valence-electron chi connectivity index (χ4n) is 8.23. The number of nitrogens with zero attached hydrogens (tertiary/aromatic N) is 2. The van der Waals surface area contributed by atoms with Crippen LogP contribution < -0.4 is 10.6 Å². The van der Waals surface area contributed by atoms with Gasteiger partial charge in [-0.25, -0.2) is 0 Å². The van der Waals surface area contributed by atoms with E-state index in [2.05, 4.69) is 56.5 Å². The van der Waals surface area contributed by atoms with Crippen molar-refractivity contribution in [2.75, 3.05) is 27.2 Å². The van der Waals surface area contributed by atoms with E-state index in [0.29, 0.717) is 41.8 Å². The van der Waals surface area contributed by atoms with Gasteiger partial charge in [-0.3, -0.25) is 14.4 Å². The lowest BCUT2D eigenvalue weighted by atomic mass is 9.45. The third kappa shape index (κ3) is 7.30. The van der Waals surface area contributed by atoms with Crippen molar-refractivity contribution in [2.24, 2.45) is 29.1 Å². The summed E-state index contributed by atoms with van der Waals surface area (Å²) in [4.78, 5) is 35.2. The smallest absolute Gasteiger partial charge is 0.251 e. The summed E-state index contributed by atoms with van der Waals surface area (Å²) in [5.74, 6) is 1.23. The Balaban J connectivity index is 1.27. The van der Waals surface area contributed by atoms with Gasteiger partial charge in [-0.15, -0.1) is 0 Å². The second-order valence-corrected chi connectivity index (χ2v) is 14.8. The zero-order valence-corrected chi connectivity index (χ0v) is 28.3. The van der Waals surface area contributed by atoms with Crippen molar-refractivity contribution in [2.45, 2.75) is 91.1 Å². The highest BCUT2D eigenvalue weighted by molar-refractivity contribution is 5.95. The van der Waals surface area contributed by atoms with Crippen LogP contribution in [0.25, 0.3) is 11.1 Å². The number of hydrogen-bond donors (Lipinski definition) is 3. The molecule has 2 aromatic carbocycles. The van der Waals surface area contributed by atoms with Gasteiger partial charge >= 0.3 is 0 Å². The molecule has 3 saturated carbocycles. The molecule has 2 bridgehead atoms. The van der Waals surface area contributed by atoms with Crippen molar-refractivity contribution in [3.8, 4) is 11.1 Å². The molecule has 246 valence electrons. The average Bonchev–Trinajstić information content (AvgIpc) is 3.33. The van der Waals surface area contributed by atoms with Crippen LogP contribution >= 0.6 is 0 Å². The van der Waals surface area contributed by atoms with Gasteiger partial charge in [0.25, 0.3) is 5.91 Å². The van der Waals surface area contributed by atoms with Crippen LogP contribution in [0, 0.1) is 29.1 Å².